The first-order chi connectivity index (χ1) is 25.9. The van der Waals surface area contributed by atoms with Crippen LogP contribution >= 0.6 is 7.92 Å². The minimum atomic E-state index is -1.63. The molecule has 0 aliphatic rings. The molecular weight excluding hydrogens is 796 g/mol. The molecule has 0 aliphatic heterocycles. The van der Waals surface area contributed by atoms with Gasteiger partial charge in [0.1, 0.15) is 18.5 Å². The van der Waals surface area contributed by atoms with Gasteiger partial charge in [0.05, 0.1) is 26.9 Å². The van der Waals surface area contributed by atoms with Crippen LogP contribution in [-0.2, 0) is 38.5 Å². The molecule has 291 valence electrons. The average molecular weight is 848 g/mol. The molecule has 0 saturated carbocycles. The molecule has 0 N–H and O–H groups in total. The molecule has 0 amide bonds. The van der Waals surface area contributed by atoms with Crippen molar-refractivity contribution >= 4 is 41.5 Å². The Labute approximate surface area is 341 Å². The van der Waals surface area contributed by atoms with E-state index in [0.717, 1.165) is 32.7 Å². The second kappa shape index (κ2) is 23.1. The predicted octanol–water partition coefficient (Wildman–Crippen LogP) is 9.18. The molecule has 0 saturated heterocycles. The van der Waals surface area contributed by atoms with Crippen molar-refractivity contribution in [1.29, 1.82) is 0 Å². The van der Waals surface area contributed by atoms with E-state index < -0.39 is 19.9 Å². The van der Waals surface area contributed by atoms with Crippen LogP contribution in [0, 0.1) is 61.1 Å². The number of carbonyl (C=O) groups is 2. The minimum absolute atomic E-state index is 0. The zero-order valence-electron chi connectivity index (χ0n) is 33.4. The van der Waals surface area contributed by atoms with Crippen LogP contribution in [0.3, 0.4) is 0 Å². The number of ether oxygens (including phenoxy) is 4. The van der Waals surface area contributed by atoms with E-state index in [-0.39, 0.29) is 38.5 Å². The van der Waals surface area contributed by atoms with Gasteiger partial charge in [0, 0.05) is 25.2 Å². The monoisotopic (exact) mass is 847 g/mol. The van der Waals surface area contributed by atoms with E-state index in [1.807, 2.05) is 74.5 Å². The number of nitrogens with zero attached hydrogens (tertiary/aromatic N) is 1. The molecule has 0 unspecified atom stereocenters. The summed E-state index contributed by atoms with van der Waals surface area (Å²) in [6, 6.07) is 31.3. The molecule has 0 heterocycles. The summed E-state index contributed by atoms with van der Waals surface area (Å²) < 4.78 is 21.8. The van der Waals surface area contributed by atoms with Crippen LogP contribution in [0.2, 0.25) is 0 Å². The van der Waals surface area contributed by atoms with Crippen molar-refractivity contribution in [3.63, 3.8) is 0 Å². The maximum atomic E-state index is 12.6. The van der Waals surface area contributed by atoms with Gasteiger partial charge in [0.2, 0.25) is 11.9 Å². The van der Waals surface area contributed by atoms with Gasteiger partial charge in [-0.2, -0.15) is 27.8 Å². The fraction of sp³-hybridized carbons (Fsp3) is 0.261. The van der Waals surface area contributed by atoms with E-state index in [9.17, 15) is 9.59 Å². The Morgan fingerprint density at radius 3 is 1.58 bits per heavy atom. The number of rotatable bonds is 10. The van der Waals surface area contributed by atoms with Gasteiger partial charge in [0.15, 0.2) is 22.5 Å². The Hall–Kier alpha value is -4.95. The van der Waals surface area contributed by atoms with Gasteiger partial charge in [-0.3, -0.25) is 4.79 Å². The van der Waals surface area contributed by atoms with Gasteiger partial charge < -0.3 is 23.7 Å². The van der Waals surface area contributed by atoms with Crippen molar-refractivity contribution in [2.45, 2.75) is 62.3 Å². The molecular formula is C46H51NO6PRh-. The van der Waals surface area contributed by atoms with Crippen LogP contribution in [0.1, 0.15) is 52.8 Å². The van der Waals surface area contributed by atoms with Gasteiger partial charge in [-0.05, 0) is 75.2 Å². The molecule has 9 heteroatoms. The van der Waals surface area contributed by atoms with Crippen molar-refractivity contribution in [1.82, 2.24) is 0 Å². The number of esters is 2. The Morgan fingerprint density at radius 1 is 0.709 bits per heavy atom. The van der Waals surface area contributed by atoms with E-state index in [2.05, 4.69) is 69.8 Å². The summed E-state index contributed by atoms with van der Waals surface area (Å²) in [7, 11) is -0.0405. The largest absolute Gasteiger partial charge is 0.545 e. The van der Waals surface area contributed by atoms with Crippen LogP contribution in [0.4, 0.5) is 5.69 Å². The fourth-order valence-corrected chi connectivity index (χ4v) is 8.53. The van der Waals surface area contributed by atoms with E-state index in [4.69, 9.17) is 25.5 Å². The number of hydrogen-bond donors (Lipinski definition) is 0. The fourth-order valence-electron chi connectivity index (χ4n) is 5.75. The number of aryl methyl sites for hydroxylation is 2. The van der Waals surface area contributed by atoms with Crippen molar-refractivity contribution in [2.75, 3.05) is 20.3 Å². The number of hydrogen-bond acceptors (Lipinski definition) is 6. The summed E-state index contributed by atoms with van der Waals surface area (Å²) in [5.74, 6) is -1.01. The summed E-state index contributed by atoms with van der Waals surface area (Å²) in [5.41, 5.74) is 10.3. The van der Waals surface area contributed by atoms with Crippen LogP contribution in [0.5, 0.6) is 11.5 Å². The zero-order chi connectivity index (χ0) is 39.8. The molecule has 55 heavy (non-hydrogen) atoms. The van der Waals surface area contributed by atoms with Crippen LogP contribution in [0.15, 0.2) is 103 Å². The molecule has 0 spiro atoms. The molecule has 0 fully saturated rings. The standard InChI is InChI=1S/C27H26O6P.C10H15.C9H9N.Rh/c1-4-31-25(28)19-24(27(29)32-5-2)33-23-18-12-17-22(30-3)26(23)34(20-13-8-6-9-14-20)21-15-10-7-11-16-21;1-6-7(2)9(4)10(5)8(6)3;1-7-5-4-6-8(2)9(7)10-3;/h6-18H,4-5H2,1-3H3;1-5H3;4-6H,1-2H3;/q2*-1;;/p+1. The molecule has 5 rings (SSSR count). The van der Waals surface area contributed by atoms with E-state index >= 15 is 0 Å². The van der Waals surface area contributed by atoms with E-state index in [1.165, 1.54) is 27.8 Å². The second-order valence-corrected chi connectivity index (χ2v) is 14.8. The summed E-state index contributed by atoms with van der Waals surface area (Å²) in [6.45, 7) is 25.4. The van der Waals surface area contributed by atoms with Crippen molar-refractivity contribution in [2.24, 2.45) is 0 Å². The predicted molar refractivity (Wildman–Crippen MR) is 222 cm³/mol. The quantitative estimate of drug-likeness (QED) is 0.0349. The maximum absolute atomic E-state index is 12.6. The molecule has 5 aromatic carbocycles. The summed E-state index contributed by atoms with van der Waals surface area (Å²) in [4.78, 5) is 28.1. The average Bonchev–Trinajstić information content (AvgIpc) is 3.34. The van der Waals surface area contributed by atoms with Gasteiger partial charge >= 0.3 is 0 Å². The molecule has 0 aliphatic carbocycles. The van der Waals surface area contributed by atoms with Gasteiger partial charge in [0.25, 0.3) is 0 Å². The summed E-state index contributed by atoms with van der Waals surface area (Å²) >= 11 is 0. The molecule has 0 bridgehead atoms. The Morgan fingerprint density at radius 2 is 1.18 bits per heavy atom. The smallest absolute Gasteiger partial charge is 0.241 e. The van der Waals surface area contributed by atoms with Crippen molar-refractivity contribution in [3.05, 3.63) is 159 Å². The normalized spacial score (nSPS) is 10.4. The maximum Gasteiger partial charge on any atom is 0.241 e. The van der Waals surface area contributed by atoms with Gasteiger partial charge in [-0.25, -0.2) is 4.85 Å². The number of methoxy groups -OCH3 is 1. The van der Waals surface area contributed by atoms with E-state index in [0.29, 0.717) is 11.5 Å². The van der Waals surface area contributed by atoms with Crippen LogP contribution in [-0.4, -0.2) is 32.3 Å². The Balaban J connectivity index is 0.000000403. The first-order valence-electron chi connectivity index (χ1n) is 17.8. The van der Waals surface area contributed by atoms with Crippen LogP contribution < -0.4 is 25.4 Å². The zero-order valence-corrected chi connectivity index (χ0v) is 36.0. The summed E-state index contributed by atoms with van der Waals surface area (Å²) in [5, 5.41) is 2.99. The molecule has 0 atom stereocenters. The van der Waals surface area contributed by atoms with Gasteiger partial charge in [-0.15, -0.1) is 6.08 Å². The molecule has 0 aromatic heterocycles. The third-order valence-corrected chi connectivity index (χ3v) is 11.9. The van der Waals surface area contributed by atoms with Gasteiger partial charge in [-0.1, -0.05) is 95.3 Å². The third-order valence-electron chi connectivity index (χ3n) is 9.11. The SMILES string of the molecule is CCOC(=O)[C-]=C(Oc1cccc(OC)c1[PH+](c1ccccc1)c1ccccc1)C(=O)OCC.Cc1c(C)c(C)[c-](C)c1C.[C-]#[N+]c1c(C)cccc1C.[Rh]. The molecule has 5 aromatic rings. The molecule has 7 nitrogen and oxygen atoms in total. The minimum Gasteiger partial charge on any atom is -0.545 e. The Bertz CT molecular complexity index is 1940. The number of benzene rings is 4. The summed E-state index contributed by atoms with van der Waals surface area (Å²) in [6.07, 6.45) is 2.36. The number of para-hydroxylation sites is 1. The molecule has 1 radical (unpaired) electrons. The number of carbonyl (C=O) groups excluding carboxylic acids is 2. The Kier molecular flexibility index (Phi) is 19.4. The van der Waals surface area contributed by atoms with Crippen molar-refractivity contribution in [3.8, 4) is 11.5 Å². The third kappa shape index (κ3) is 12.5. The first-order valence-corrected chi connectivity index (χ1v) is 19.3. The van der Waals surface area contributed by atoms with Crippen LogP contribution in [0.25, 0.3) is 4.85 Å². The second-order valence-electron chi connectivity index (χ2n) is 12.4. The first kappa shape index (κ1) is 46.2. The van der Waals surface area contributed by atoms with E-state index in [1.54, 1.807) is 33.1 Å². The topological polar surface area (TPSA) is 75.4 Å². The van der Waals surface area contributed by atoms with Crippen molar-refractivity contribution < 1.29 is 48.0 Å².